The highest BCUT2D eigenvalue weighted by molar-refractivity contribution is 6.42. The lowest BCUT2D eigenvalue weighted by atomic mass is 10.2. The molecule has 0 aliphatic rings. The van der Waals surface area contributed by atoms with Crippen molar-refractivity contribution in [1.29, 1.82) is 0 Å². The first kappa shape index (κ1) is 17.6. The summed E-state index contributed by atoms with van der Waals surface area (Å²) in [6, 6.07) is 11.0. The third kappa shape index (κ3) is 5.41. The van der Waals surface area contributed by atoms with E-state index in [4.69, 9.17) is 27.9 Å². The van der Waals surface area contributed by atoms with E-state index >= 15 is 0 Å². The molecule has 0 aromatic heterocycles. The minimum atomic E-state index is -0.294. The van der Waals surface area contributed by atoms with Crippen LogP contribution in [0.1, 0.15) is 12.0 Å². The Hall–Kier alpha value is -1.78. The molecule has 2 aromatic carbocycles. The zero-order valence-electron chi connectivity index (χ0n) is 12.6. The molecule has 2 rings (SSSR count). The van der Waals surface area contributed by atoms with Crippen molar-refractivity contribution in [3.05, 3.63) is 63.9 Å². The minimum Gasteiger partial charge on any atom is -0.493 e. The number of amides is 1. The number of hydrogen-bond donors (Lipinski definition) is 0. The molecule has 0 heterocycles. The fraction of sp³-hybridized carbons (Fsp3) is 0.235. The van der Waals surface area contributed by atoms with Gasteiger partial charge in [-0.05, 0) is 29.8 Å². The van der Waals surface area contributed by atoms with Crippen molar-refractivity contribution in [1.82, 2.24) is 4.90 Å². The number of nitrogens with zero attached hydrogens (tertiary/aromatic N) is 1. The van der Waals surface area contributed by atoms with Crippen LogP contribution in [0.5, 0.6) is 5.75 Å². The molecule has 0 N–H and O–H groups in total. The summed E-state index contributed by atoms with van der Waals surface area (Å²) in [5.41, 5.74) is 0.868. The molecule has 122 valence electrons. The molecule has 0 fully saturated rings. The molecule has 0 bridgehead atoms. The highest BCUT2D eigenvalue weighted by Crippen LogP contribution is 2.26. The molecule has 3 nitrogen and oxygen atoms in total. The van der Waals surface area contributed by atoms with Crippen LogP contribution in [0.15, 0.2) is 42.5 Å². The smallest absolute Gasteiger partial charge is 0.226 e. The number of ether oxygens (including phenoxy) is 1. The number of rotatable bonds is 6. The topological polar surface area (TPSA) is 29.5 Å². The van der Waals surface area contributed by atoms with Gasteiger partial charge in [0.2, 0.25) is 5.91 Å². The van der Waals surface area contributed by atoms with E-state index < -0.39 is 0 Å². The maximum Gasteiger partial charge on any atom is 0.226 e. The van der Waals surface area contributed by atoms with Crippen LogP contribution in [0.4, 0.5) is 4.39 Å². The van der Waals surface area contributed by atoms with Gasteiger partial charge in [0.15, 0.2) is 0 Å². The van der Waals surface area contributed by atoms with Gasteiger partial charge >= 0.3 is 0 Å². The number of benzene rings is 2. The van der Waals surface area contributed by atoms with Crippen LogP contribution in [0.2, 0.25) is 10.0 Å². The number of carbonyl (C=O) groups excluding carboxylic acids is 1. The van der Waals surface area contributed by atoms with E-state index in [-0.39, 0.29) is 24.8 Å². The summed E-state index contributed by atoms with van der Waals surface area (Å²) in [4.78, 5) is 13.6. The summed E-state index contributed by atoms with van der Waals surface area (Å²) in [5.74, 6) is 0.209. The van der Waals surface area contributed by atoms with Crippen LogP contribution in [-0.2, 0) is 11.3 Å². The Morgan fingerprint density at radius 1 is 1.13 bits per heavy atom. The summed E-state index contributed by atoms with van der Waals surface area (Å²) >= 11 is 11.7. The van der Waals surface area contributed by atoms with Crippen molar-refractivity contribution in [2.24, 2.45) is 0 Å². The number of halogens is 3. The molecule has 0 unspecified atom stereocenters. The lowest BCUT2D eigenvalue weighted by molar-refractivity contribution is -0.130. The fourth-order valence-corrected chi connectivity index (χ4v) is 2.25. The van der Waals surface area contributed by atoms with Crippen molar-refractivity contribution in [2.75, 3.05) is 13.7 Å². The van der Waals surface area contributed by atoms with Crippen molar-refractivity contribution in [3.8, 4) is 5.75 Å². The zero-order valence-corrected chi connectivity index (χ0v) is 14.1. The molecular formula is C17H16Cl2FNO2. The van der Waals surface area contributed by atoms with Gasteiger partial charge in [-0.1, -0.05) is 35.3 Å². The Morgan fingerprint density at radius 3 is 2.48 bits per heavy atom. The first-order valence-corrected chi connectivity index (χ1v) is 7.77. The summed E-state index contributed by atoms with van der Waals surface area (Å²) in [5, 5.41) is 0.859. The Bertz CT molecular complexity index is 677. The Kier molecular flexibility index (Phi) is 6.25. The van der Waals surface area contributed by atoms with Crippen LogP contribution in [-0.4, -0.2) is 24.5 Å². The number of hydrogen-bond acceptors (Lipinski definition) is 2. The normalized spacial score (nSPS) is 10.4. The molecule has 0 atom stereocenters. The number of carbonyl (C=O) groups is 1. The van der Waals surface area contributed by atoms with Gasteiger partial charge in [0.25, 0.3) is 0 Å². The van der Waals surface area contributed by atoms with Gasteiger partial charge in [-0.25, -0.2) is 4.39 Å². The monoisotopic (exact) mass is 355 g/mol. The van der Waals surface area contributed by atoms with Gasteiger partial charge < -0.3 is 9.64 Å². The van der Waals surface area contributed by atoms with Crippen molar-refractivity contribution < 1.29 is 13.9 Å². The Labute approximate surface area is 144 Å². The lowest BCUT2D eigenvalue weighted by Gasteiger charge is -2.17. The third-order valence-electron chi connectivity index (χ3n) is 3.23. The van der Waals surface area contributed by atoms with Gasteiger partial charge in [0, 0.05) is 19.7 Å². The van der Waals surface area contributed by atoms with Gasteiger partial charge in [-0.3, -0.25) is 4.79 Å². The van der Waals surface area contributed by atoms with Crippen LogP contribution in [0.3, 0.4) is 0 Å². The molecule has 2 aromatic rings. The molecule has 0 saturated heterocycles. The highest BCUT2D eigenvalue weighted by Gasteiger charge is 2.10. The first-order valence-electron chi connectivity index (χ1n) is 7.02. The minimum absolute atomic E-state index is 0.0608. The van der Waals surface area contributed by atoms with Gasteiger partial charge in [-0.15, -0.1) is 0 Å². The second-order valence-corrected chi connectivity index (χ2v) is 5.87. The molecule has 23 heavy (non-hydrogen) atoms. The van der Waals surface area contributed by atoms with Crippen LogP contribution in [0, 0.1) is 5.82 Å². The summed E-state index contributed by atoms with van der Waals surface area (Å²) in [6.07, 6.45) is 0.234. The molecule has 1 amide bonds. The molecular weight excluding hydrogens is 340 g/mol. The van der Waals surface area contributed by atoms with E-state index in [0.717, 1.165) is 5.56 Å². The summed E-state index contributed by atoms with van der Waals surface area (Å²) in [7, 11) is 1.70. The van der Waals surface area contributed by atoms with Gasteiger partial charge in [0.05, 0.1) is 23.1 Å². The Balaban J connectivity index is 1.79. The van der Waals surface area contributed by atoms with Crippen LogP contribution in [0.25, 0.3) is 0 Å². The van der Waals surface area contributed by atoms with Crippen molar-refractivity contribution in [2.45, 2.75) is 13.0 Å². The summed E-state index contributed by atoms with van der Waals surface area (Å²) in [6.45, 7) is 0.663. The molecule has 6 heteroatoms. The van der Waals surface area contributed by atoms with E-state index in [0.29, 0.717) is 22.3 Å². The largest absolute Gasteiger partial charge is 0.493 e. The average Bonchev–Trinajstić information content (AvgIpc) is 2.53. The Morgan fingerprint density at radius 2 is 1.83 bits per heavy atom. The third-order valence-corrected chi connectivity index (χ3v) is 3.97. The second kappa shape index (κ2) is 8.18. The van der Waals surface area contributed by atoms with E-state index in [2.05, 4.69) is 0 Å². The first-order chi connectivity index (χ1) is 11.0. The predicted molar refractivity (Wildman–Crippen MR) is 89.4 cm³/mol. The maximum atomic E-state index is 12.8. The van der Waals surface area contributed by atoms with Crippen molar-refractivity contribution in [3.63, 3.8) is 0 Å². The SMILES string of the molecule is CN(Cc1ccc(F)cc1)C(=O)CCOc1ccc(Cl)c(Cl)c1. The molecule has 0 saturated carbocycles. The molecule has 0 radical (unpaired) electrons. The molecule has 0 spiro atoms. The predicted octanol–water partition coefficient (Wildman–Crippen LogP) is 4.56. The van der Waals surface area contributed by atoms with Gasteiger partial charge in [0.1, 0.15) is 11.6 Å². The quantitative estimate of drug-likeness (QED) is 0.759. The highest BCUT2D eigenvalue weighted by atomic mass is 35.5. The second-order valence-electron chi connectivity index (χ2n) is 5.05. The van der Waals surface area contributed by atoms with E-state index in [1.807, 2.05) is 0 Å². The van der Waals surface area contributed by atoms with E-state index in [1.165, 1.54) is 12.1 Å². The molecule has 0 aliphatic carbocycles. The summed E-state index contributed by atoms with van der Waals surface area (Å²) < 4.78 is 18.3. The van der Waals surface area contributed by atoms with Crippen LogP contribution < -0.4 is 4.74 Å². The lowest BCUT2D eigenvalue weighted by Crippen LogP contribution is -2.27. The standard InChI is InChI=1S/C17H16Cl2FNO2/c1-21(11-12-2-4-13(20)5-3-12)17(22)8-9-23-14-6-7-15(18)16(19)10-14/h2-7,10H,8-9,11H2,1H3. The molecule has 0 aliphatic heterocycles. The zero-order chi connectivity index (χ0) is 16.8. The fourth-order valence-electron chi connectivity index (χ4n) is 1.97. The van der Waals surface area contributed by atoms with E-state index in [1.54, 1.807) is 42.3 Å². The maximum absolute atomic E-state index is 12.8. The average molecular weight is 356 g/mol. The van der Waals surface area contributed by atoms with Gasteiger partial charge in [-0.2, -0.15) is 0 Å². The van der Waals surface area contributed by atoms with Crippen molar-refractivity contribution >= 4 is 29.1 Å². The van der Waals surface area contributed by atoms with E-state index in [9.17, 15) is 9.18 Å². The van der Waals surface area contributed by atoms with Crippen LogP contribution >= 0.6 is 23.2 Å².